The van der Waals surface area contributed by atoms with Crippen molar-refractivity contribution in [3.05, 3.63) is 53.5 Å². The molecule has 0 saturated carbocycles. The first kappa shape index (κ1) is 20.9. The van der Waals surface area contributed by atoms with Gasteiger partial charge in [0.15, 0.2) is 0 Å². The molecule has 4 aliphatic heterocycles. The van der Waals surface area contributed by atoms with Gasteiger partial charge in [0.05, 0.1) is 35.3 Å². The molecule has 3 aromatic rings. The second-order valence-corrected chi connectivity index (χ2v) is 10.2. The summed E-state index contributed by atoms with van der Waals surface area (Å²) in [6.07, 6.45) is 3.75. The molecule has 0 unspecified atom stereocenters. The van der Waals surface area contributed by atoms with Crippen LogP contribution in [0.2, 0.25) is 0 Å². The fraction of sp³-hybridized carbons (Fsp3) is 0.440. The van der Waals surface area contributed by atoms with Gasteiger partial charge in [-0.25, -0.2) is 9.50 Å². The highest BCUT2D eigenvalue weighted by Gasteiger charge is 2.44. The number of nitrogens with zero attached hydrogens (tertiary/aromatic N) is 8. The van der Waals surface area contributed by atoms with E-state index in [1.807, 2.05) is 12.1 Å². The van der Waals surface area contributed by atoms with Crippen molar-refractivity contribution in [1.82, 2.24) is 24.3 Å². The highest BCUT2D eigenvalue weighted by Crippen LogP contribution is 2.41. The van der Waals surface area contributed by atoms with Crippen molar-refractivity contribution in [2.24, 2.45) is 0 Å². The average molecular weight is 465 g/mol. The van der Waals surface area contributed by atoms with Gasteiger partial charge in [-0.15, -0.1) is 0 Å². The van der Waals surface area contributed by atoms with Crippen LogP contribution in [0.25, 0.3) is 5.52 Å². The lowest BCUT2D eigenvalue weighted by atomic mass is 9.93. The van der Waals surface area contributed by atoms with E-state index in [4.69, 9.17) is 4.98 Å². The van der Waals surface area contributed by atoms with E-state index in [2.05, 4.69) is 55.8 Å². The molecule has 0 N–H and O–H groups in total. The summed E-state index contributed by atoms with van der Waals surface area (Å²) in [5.41, 5.74) is 5.15. The third-order valence-corrected chi connectivity index (χ3v) is 8.35. The van der Waals surface area contributed by atoms with Crippen LogP contribution < -0.4 is 9.80 Å². The lowest BCUT2D eigenvalue weighted by Gasteiger charge is -2.43. The Labute approximate surface area is 204 Å². The van der Waals surface area contributed by atoms with Crippen molar-refractivity contribution in [1.29, 1.82) is 5.26 Å². The first-order valence-electron chi connectivity index (χ1n) is 12.3. The molecule has 3 fully saturated rings. The van der Waals surface area contributed by atoms with Crippen molar-refractivity contribution in [3.63, 3.8) is 0 Å². The van der Waals surface area contributed by atoms with E-state index in [0.29, 0.717) is 29.9 Å². The van der Waals surface area contributed by atoms with Gasteiger partial charge in [-0.3, -0.25) is 4.90 Å². The van der Waals surface area contributed by atoms with Crippen molar-refractivity contribution >= 4 is 30.6 Å². The predicted octanol–water partition coefficient (Wildman–Crippen LogP) is 1.44. The lowest BCUT2D eigenvalue weighted by Crippen LogP contribution is -2.51. The predicted molar refractivity (Wildman–Crippen MR) is 133 cm³/mol. The molecular weight excluding hydrogens is 439 g/mol. The minimum absolute atomic E-state index is 0.293. The van der Waals surface area contributed by atoms with E-state index in [9.17, 15) is 10.1 Å². The number of carbonyl (C=O) groups excluding carboxylic acids is 1. The number of hydrogen-bond acceptors (Lipinski definition) is 8. The quantitative estimate of drug-likeness (QED) is 0.423. The van der Waals surface area contributed by atoms with Crippen LogP contribution in [0.1, 0.15) is 36.3 Å². The Morgan fingerprint density at radius 1 is 1.11 bits per heavy atom. The van der Waals surface area contributed by atoms with Gasteiger partial charge in [0.25, 0.3) is 7.41 Å². The summed E-state index contributed by atoms with van der Waals surface area (Å²) in [6, 6.07) is 14.1. The topological polar surface area (TPSA) is 84.0 Å². The Balaban J connectivity index is 1.16. The van der Waals surface area contributed by atoms with Gasteiger partial charge < -0.3 is 19.4 Å². The molecule has 9 nitrogen and oxygen atoms in total. The molecule has 4 atom stereocenters. The fourth-order valence-electron chi connectivity index (χ4n) is 6.72. The number of rotatable bonds is 4. The molecule has 4 aliphatic rings. The summed E-state index contributed by atoms with van der Waals surface area (Å²) in [7, 11) is 1.69. The molecule has 1 radical (unpaired) electrons. The summed E-state index contributed by atoms with van der Waals surface area (Å²) in [5.74, 6) is 1.07. The van der Waals surface area contributed by atoms with Crippen molar-refractivity contribution in [2.75, 3.05) is 36.0 Å². The number of aromatic nitrogens is 3. The molecule has 10 heteroatoms. The Kier molecular flexibility index (Phi) is 4.66. The molecule has 7 rings (SSSR count). The zero-order chi connectivity index (χ0) is 23.7. The van der Waals surface area contributed by atoms with Gasteiger partial charge in [0.2, 0.25) is 0 Å². The van der Waals surface area contributed by atoms with E-state index in [1.54, 1.807) is 18.1 Å². The van der Waals surface area contributed by atoms with Crippen LogP contribution in [0.3, 0.4) is 0 Å². The van der Waals surface area contributed by atoms with Gasteiger partial charge in [0, 0.05) is 50.8 Å². The fourth-order valence-corrected chi connectivity index (χ4v) is 6.72. The summed E-state index contributed by atoms with van der Waals surface area (Å²) in [4.78, 5) is 25.7. The smallest absolute Gasteiger partial charge is 0.293 e. The highest BCUT2D eigenvalue weighted by molar-refractivity contribution is 6.64. The maximum absolute atomic E-state index is 10.9. The average Bonchev–Trinajstić information content (AvgIpc) is 3.65. The number of hydrogen-bond donors (Lipinski definition) is 0. The molecule has 3 saturated heterocycles. The first-order valence-corrected chi connectivity index (χ1v) is 12.3. The SMILES string of the molecule is C[C@@H]1CN(c2ccc(C#N)n3nccc23)C[C@@H]2c3ccc(N4C[C@@H]5C[C@H]4CN5[B]C=O)nc3CN12. The second kappa shape index (κ2) is 7.80. The lowest BCUT2D eigenvalue weighted by molar-refractivity contribution is 0.133. The van der Waals surface area contributed by atoms with E-state index < -0.39 is 0 Å². The molecule has 3 aromatic heterocycles. The summed E-state index contributed by atoms with van der Waals surface area (Å²) in [6.45, 7) is 6.81. The van der Waals surface area contributed by atoms with Crippen LogP contribution in [-0.2, 0) is 11.3 Å². The van der Waals surface area contributed by atoms with Crippen molar-refractivity contribution in [3.8, 4) is 6.07 Å². The van der Waals surface area contributed by atoms with Gasteiger partial charge in [0.1, 0.15) is 17.6 Å². The monoisotopic (exact) mass is 465 g/mol. The Bertz CT molecular complexity index is 1370. The Hall–Kier alpha value is -3.42. The summed E-state index contributed by atoms with van der Waals surface area (Å²) < 4.78 is 1.74. The molecule has 0 aromatic carbocycles. The van der Waals surface area contributed by atoms with Crippen LogP contribution in [0.5, 0.6) is 0 Å². The third-order valence-electron chi connectivity index (χ3n) is 8.35. The van der Waals surface area contributed by atoms with Crippen LogP contribution in [0.4, 0.5) is 11.5 Å². The van der Waals surface area contributed by atoms with E-state index in [0.717, 1.165) is 62.4 Å². The van der Waals surface area contributed by atoms with Gasteiger partial charge in [-0.2, -0.15) is 10.4 Å². The largest absolute Gasteiger partial charge is 0.366 e. The standard InChI is InChI=1S/C25H26BN8O/c1-16-10-30(22-4-2-17(9-27)34-23(22)6-7-28-34)14-24-20-3-5-25(29-21(20)13-31(16)24)32-11-19-8-18(32)12-33(19)26-15-35/h2-7,15-16,18-19,24H,8,10-14H2,1H3/t16-,18+,19+,24-/m1/s1. The van der Waals surface area contributed by atoms with Crippen LogP contribution in [-0.4, -0.2) is 82.2 Å². The van der Waals surface area contributed by atoms with E-state index >= 15 is 0 Å². The van der Waals surface area contributed by atoms with Crippen LogP contribution in [0.15, 0.2) is 36.5 Å². The zero-order valence-electron chi connectivity index (χ0n) is 19.7. The van der Waals surface area contributed by atoms with E-state index in [-0.39, 0.29) is 0 Å². The second-order valence-electron chi connectivity index (χ2n) is 10.2. The summed E-state index contributed by atoms with van der Waals surface area (Å²) >= 11 is 0. The molecule has 175 valence electrons. The number of carbonyl (C=O) groups is 1. The van der Waals surface area contributed by atoms with Gasteiger partial charge in [-0.1, -0.05) is 6.07 Å². The van der Waals surface area contributed by atoms with E-state index in [1.165, 1.54) is 11.3 Å². The maximum atomic E-state index is 10.9. The molecule has 7 heterocycles. The minimum atomic E-state index is 0.293. The maximum Gasteiger partial charge on any atom is 0.293 e. The summed E-state index contributed by atoms with van der Waals surface area (Å²) in [5, 5.41) is 13.8. The molecule has 35 heavy (non-hydrogen) atoms. The van der Waals surface area contributed by atoms with Crippen LogP contribution >= 0.6 is 0 Å². The minimum Gasteiger partial charge on any atom is -0.366 e. The Morgan fingerprint density at radius 2 is 2.03 bits per heavy atom. The van der Waals surface area contributed by atoms with Crippen molar-refractivity contribution in [2.45, 2.75) is 44.1 Å². The zero-order valence-corrected chi connectivity index (χ0v) is 19.7. The molecule has 2 bridgehead atoms. The normalized spacial score (nSPS) is 27.8. The van der Waals surface area contributed by atoms with Gasteiger partial charge >= 0.3 is 0 Å². The number of piperazine rings is 2. The number of pyridine rings is 2. The number of fused-ring (bicyclic) bond motifs is 6. The number of nitriles is 1. The molecular formula is C25H26BN8O. The third kappa shape index (κ3) is 3.11. The Morgan fingerprint density at radius 3 is 2.83 bits per heavy atom. The van der Waals surface area contributed by atoms with Gasteiger partial charge in [-0.05, 0) is 43.2 Å². The highest BCUT2D eigenvalue weighted by atomic mass is 16.1. The van der Waals surface area contributed by atoms with Crippen LogP contribution in [0, 0.1) is 11.3 Å². The molecule has 0 amide bonds. The molecule has 0 aliphatic carbocycles. The number of anilines is 2. The molecule has 0 spiro atoms. The first-order chi connectivity index (χ1) is 17.1. The van der Waals surface area contributed by atoms with Crippen molar-refractivity contribution < 1.29 is 4.79 Å².